The maximum absolute atomic E-state index is 10.9. The molecule has 1 fully saturated rings. The van der Waals surface area contributed by atoms with Crippen molar-refractivity contribution in [3.8, 4) is 22.5 Å². The first-order valence-corrected chi connectivity index (χ1v) is 11.9. The summed E-state index contributed by atoms with van der Waals surface area (Å²) in [6.07, 6.45) is 6.04. The third-order valence-corrected chi connectivity index (χ3v) is 6.65. The summed E-state index contributed by atoms with van der Waals surface area (Å²) in [7, 11) is 0. The van der Waals surface area contributed by atoms with Crippen molar-refractivity contribution in [2.45, 2.75) is 38.2 Å². The lowest BCUT2D eigenvalue weighted by Gasteiger charge is -2.28. The van der Waals surface area contributed by atoms with Crippen molar-refractivity contribution in [3.63, 3.8) is 0 Å². The Hall–Kier alpha value is -3.22. The van der Waals surface area contributed by atoms with Gasteiger partial charge in [-0.3, -0.25) is 0 Å². The Morgan fingerprint density at radius 1 is 1.06 bits per heavy atom. The van der Waals surface area contributed by atoms with Gasteiger partial charge >= 0.3 is 5.97 Å². The van der Waals surface area contributed by atoms with Gasteiger partial charge in [0.2, 0.25) is 5.71 Å². The second-order valence-corrected chi connectivity index (χ2v) is 9.18. The highest BCUT2D eigenvalue weighted by molar-refractivity contribution is 6.30. The van der Waals surface area contributed by atoms with Crippen molar-refractivity contribution < 1.29 is 19.1 Å². The van der Waals surface area contributed by atoms with E-state index >= 15 is 0 Å². The summed E-state index contributed by atoms with van der Waals surface area (Å²) in [4.78, 5) is 20.0. The highest BCUT2D eigenvalue weighted by Crippen LogP contribution is 2.42. The van der Waals surface area contributed by atoms with Crippen LogP contribution in [0.5, 0.6) is 0 Å². The van der Waals surface area contributed by atoms with E-state index in [0.717, 1.165) is 65.6 Å². The van der Waals surface area contributed by atoms with Crippen molar-refractivity contribution in [2.24, 2.45) is 5.92 Å². The number of carbonyl (C=O) groups is 1. The maximum atomic E-state index is 10.9. The summed E-state index contributed by atoms with van der Waals surface area (Å²) in [6.45, 7) is -0.252. The van der Waals surface area contributed by atoms with Gasteiger partial charge in [-0.1, -0.05) is 60.5 Å². The number of carboxylic acids is 1. The number of nitrogens with zero attached hydrogens (tertiary/aromatic N) is 2. The summed E-state index contributed by atoms with van der Waals surface area (Å²) in [5.74, 6) is 0.170. The molecule has 34 heavy (non-hydrogen) atoms. The van der Waals surface area contributed by atoms with Gasteiger partial charge in [-0.05, 0) is 49.3 Å². The molecular formula is C27H25ClN2O4. The third-order valence-electron chi connectivity index (χ3n) is 6.39. The molecule has 4 aromatic rings. The number of hydrogen-bond donors (Lipinski definition) is 1. The van der Waals surface area contributed by atoms with Gasteiger partial charge in [0.15, 0.2) is 0 Å². The van der Waals surface area contributed by atoms with Crippen LogP contribution in [0.4, 0.5) is 0 Å². The second kappa shape index (κ2) is 9.95. The number of aliphatic carboxylic acids is 1. The number of ether oxygens (including phenoxy) is 1. The van der Waals surface area contributed by atoms with Crippen LogP contribution in [-0.4, -0.2) is 33.8 Å². The Balaban J connectivity index is 1.55. The first-order chi connectivity index (χ1) is 16.6. The van der Waals surface area contributed by atoms with Crippen LogP contribution in [0.1, 0.15) is 31.4 Å². The number of rotatable bonds is 7. The van der Waals surface area contributed by atoms with E-state index in [0.29, 0.717) is 16.7 Å². The number of furan rings is 1. The standard InChI is InChI=1S/C27H25ClN2O4/c28-20-11-9-18(10-12-20)24-25-22(14-17-5-4-8-21(13-17)33-15-23(31)32)29-16-30-27(25)34-26(24)19-6-2-1-3-7-19/h1-3,6-7,9-12,16-17,21H,4-5,8,13-15H2,(H,31,32)/t17?,21-/m1/s1. The zero-order valence-electron chi connectivity index (χ0n) is 18.6. The molecule has 0 saturated heterocycles. The molecule has 0 spiro atoms. The molecule has 6 nitrogen and oxygen atoms in total. The largest absolute Gasteiger partial charge is 0.480 e. The Bertz CT molecular complexity index is 1290. The quantitative estimate of drug-likeness (QED) is 0.331. The highest BCUT2D eigenvalue weighted by Gasteiger charge is 2.27. The minimum atomic E-state index is -0.931. The van der Waals surface area contributed by atoms with Crippen molar-refractivity contribution in [2.75, 3.05) is 6.61 Å². The average Bonchev–Trinajstić information content (AvgIpc) is 3.25. The SMILES string of the molecule is O=C(O)CO[C@@H]1CCCC(Cc2ncnc3oc(-c4ccccc4)c(-c4ccc(Cl)cc4)c23)C1. The molecule has 2 aromatic carbocycles. The molecule has 0 amide bonds. The van der Waals surface area contributed by atoms with Gasteiger partial charge in [-0.2, -0.15) is 0 Å². The molecule has 1 N–H and O–H groups in total. The van der Waals surface area contributed by atoms with E-state index in [9.17, 15) is 4.79 Å². The number of carboxylic acid groups (broad SMARTS) is 1. The molecule has 7 heteroatoms. The lowest BCUT2D eigenvalue weighted by molar-refractivity contribution is -0.145. The highest BCUT2D eigenvalue weighted by atomic mass is 35.5. The van der Waals surface area contributed by atoms with Crippen LogP contribution >= 0.6 is 11.6 Å². The lowest BCUT2D eigenvalue weighted by atomic mass is 9.83. The van der Waals surface area contributed by atoms with E-state index in [1.54, 1.807) is 6.33 Å². The Morgan fingerprint density at radius 3 is 2.62 bits per heavy atom. The molecule has 2 atom stereocenters. The van der Waals surface area contributed by atoms with E-state index in [-0.39, 0.29) is 12.7 Å². The summed E-state index contributed by atoms with van der Waals surface area (Å²) >= 11 is 6.17. The van der Waals surface area contributed by atoms with Gasteiger partial charge in [0.05, 0.1) is 17.2 Å². The molecule has 0 aliphatic heterocycles. The van der Waals surface area contributed by atoms with Crippen molar-refractivity contribution >= 4 is 28.7 Å². The fourth-order valence-corrected chi connectivity index (χ4v) is 5.00. The molecule has 2 aromatic heterocycles. The molecule has 1 aliphatic rings. The minimum absolute atomic E-state index is 0.0351. The summed E-state index contributed by atoms with van der Waals surface area (Å²) in [5.41, 5.74) is 4.41. The monoisotopic (exact) mass is 476 g/mol. The number of halogens is 1. The Kier molecular flexibility index (Phi) is 6.61. The van der Waals surface area contributed by atoms with Crippen molar-refractivity contribution in [1.29, 1.82) is 0 Å². The van der Waals surface area contributed by atoms with E-state index in [1.165, 1.54) is 0 Å². The van der Waals surface area contributed by atoms with E-state index in [1.807, 2.05) is 54.6 Å². The Labute approximate surface area is 202 Å². The predicted octanol–water partition coefficient (Wildman–Crippen LogP) is 6.41. The summed E-state index contributed by atoms with van der Waals surface area (Å²) in [6, 6.07) is 17.7. The van der Waals surface area contributed by atoms with E-state index in [2.05, 4.69) is 9.97 Å². The molecule has 0 radical (unpaired) electrons. The number of fused-ring (bicyclic) bond motifs is 1. The number of aromatic nitrogens is 2. The summed E-state index contributed by atoms with van der Waals surface area (Å²) < 4.78 is 11.9. The maximum Gasteiger partial charge on any atom is 0.329 e. The molecule has 5 rings (SSSR count). The van der Waals surface area contributed by atoms with Crippen LogP contribution in [0, 0.1) is 5.92 Å². The second-order valence-electron chi connectivity index (χ2n) is 8.74. The first-order valence-electron chi connectivity index (χ1n) is 11.5. The molecular weight excluding hydrogens is 452 g/mol. The average molecular weight is 477 g/mol. The van der Waals surface area contributed by atoms with Crippen LogP contribution in [0.2, 0.25) is 5.02 Å². The molecule has 1 saturated carbocycles. The molecule has 174 valence electrons. The molecule has 0 bridgehead atoms. The zero-order valence-corrected chi connectivity index (χ0v) is 19.4. The van der Waals surface area contributed by atoms with Gasteiger partial charge in [-0.25, -0.2) is 14.8 Å². The smallest absolute Gasteiger partial charge is 0.329 e. The number of benzene rings is 2. The van der Waals surface area contributed by atoms with Gasteiger partial charge in [0, 0.05) is 16.1 Å². The first kappa shape index (κ1) is 22.6. The van der Waals surface area contributed by atoms with Gasteiger partial charge in [0.25, 0.3) is 0 Å². The van der Waals surface area contributed by atoms with Crippen LogP contribution in [0.3, 0.4) is 0 Å². The van der Waals surface area contributed by atoms with Crippen LogP contribution in [0.25, 0.3) is 33.6 Å². The van der Waals surface area contributed by atoms with Crippen LogP contribution in [-0.2, 0) is 16.0 Å². The normalized spacial score (nSPS) is 18.3. The zero-order chi connectivity index (χ0) is 23.5. The van der Waals surface area contributed by atoms with Gasteiger partial charge in [0.1, 0.15) is 18.7 Å². The third kappa shape index (κ3) is 4.83. The molecule has 1 aliphatic carbocycles. The molecule has 2 heterocycles. The topological polar surface area (TPSA) is 85.5 Å². The van der Waals surface area contributed by atoms with Crippen molar-refractivity contribution in [3.05, 3.63) is 71.6 Å². The minimum Gasteiger partial charge on any atom is -0.480 e. The lowest BCUT2D eigenvalue weighted by Crippen LogP contribution is -2.26. The number of hydrogen-bond acceptors (Lipinski definition) is 5. The fraction of sp³-hybridized carbons (Fsp3) is 0.296. The van der Waals surface area contributed by atoms with E-state index < -0.39 is 5.97 Å². The van der Waals surface area contributed by atoms with Gasteiger partial charge < -0.3 is 14.3 Å². The Morgan fingerprint density at radius 2 is 1.85 bits per heavy atom. The fourth-order valence-electron chi connectivity index (χ4n) is 4.87. The van der Waals surface area contributed by atoms with Crippen molar-refractivity contribution in [1.82, 2.24) is 9.97 Å². The summed E-state index contributed by atoms with van der Waals surface area (Å²) in [5, 5.41) is 10.5. The molecule has 1 unspecified atom stereocenters. The van der Waals surface area contributed by atoms with Crippen LogP contribution < -0.4 is 0 Å². The van der Waals surface area contributed by atoms with Gasteiger partial charge in [-0.15, -0.1) is 0 Å². The van der Waals surface area contributed by atoms with E-state index in [4.69, 9.17) is 25.9 Å². The van der Waals surface area contributed by atoms with Crippen LogP contribution in [0.15, 0.2) is 65.3 Å². The predicted molar refractivity (Wildman–Crippen MR) is 131 cm³/mol.